The molecule has 2 aromatic heterocycles. The van der Waals surface area contributed by atoms with Crippen LogP contribution < -0.4 is 31.5 Å². The fraction of sp³-hybridized carbons (Fsp3) is 0.214. The summed E-state index contributed by atoms with van der Waals surface area (Å²) >= 11 is 12.3. The molecule has 2 aliphatic rings. The predicted molar refractivity (Wildman–Crippen MR) is 232 cm³/mol. The zero-order chi connectivity index (χ0) is 42.0. The molecule has 0 unspecified atom stereocenters. The number of aromatic nitrogens is 4. The number of hydrogen-bond donors (Lipinski definition) is 4. The number of aryl methyl sites for hydroxylation is 2. The summed E-state index contributed by atoms with van der Waals surface area (Å²) < 4.78 is 32.3. The van der Waals surface area contributed by atoms with E-state index in [-0.39, 0.29) is 60.9 Å². The highest BCUT2D eigenvalue weighted by molar-refractivity contribution is 6.31. The third kappa shape index (κ3) is 9.09. The van der Waals surface area contributed by atoms with Gasteiger partial charge in [-0.1, -0.05) is 42.3 Å². The van der Waals surface area contributed by atoms with Gasteiger partial charge in [-0.25, -0.2) is 8.78 Å². The van der Waals surface area contributed by atoms with Gasteiger partial charge in [0, 0.05) is 77.0 Å². The van der Waals surface area contributed by atoms with Gasteiger partial charge in [-0.05, 0) is 67.1 Å². The van der Waals surface area contributed by atoms with E-state index in [4.69, 9.17) is 28.9 Å². The monoisotopic (exact) mass is 876 g/mol. The van der Waals surface area contributed by atoms with Gasteiger partial charge in [-0.2, -0.15) is 10.2 Å². The zero-order valence-electron chi connectivity index (χ0n) is 32.7. The quantitative estimate of drug-likeness (QED) is 0.124. The van der Waals surface area contributed by atoms with Crippen molar-refractivity contribution in [2.24, 2.45) is 19.8 Å². The summed E-state index contributed by atoms with van der Waals surface area (Å²) in [7, 11) is 3.62. The van der Waals surface area contributed by atoms with Crippen LogP contribution in [0, 0.1) is 11.6 Å². The number of halogens is 5. The Morgan fingerprint density at radius 3 is 1.63 bits per heavy atom. The molecule has 0 bridgehead atoms. The van der Waals surface area contributed by atoms with E-state index in [0.29, 0.717) is 56.9 Å². The molecule has 60 heavy (non-hydrogen) atoms. The Balaban J connectivity index is 0.000000200. The molecule has 3 amide bonds. The zero-order valence-corrected chi connectivity index (χ0v) is 35.1. The lowest BCUT2D eigenvalue weighted by Crippen LogP contribution is -2.30. The number of rotatable bonds is 7. The smallest absolute Gasteiger partial charge is 0.258 e. The summed E-state index contributed by atoms with van der Waals surface area (Å²) in [6.07, 6.45) is 4.51. The first-order valence-corrected chi connectivity index (χ1v) is 19.4. The number of nitrogens with one attached hydrogen (secondary N) is 3. The molecule has 18 heteroatoms. The molecule has 0 spiro atoms. The molecule has 5 N–H and O–H groups in total. The van der Waals surface area contributed by atoms with E-state index in [1.165, 1.54) is 24.3 Å². The molecule has 6 aromatic rings. The lowest BCUT2D eigenvalue weighted by Gasteiger charge is -2.23. The average molecular weight is 878 g/mol. The maximum absolute atomic E-state index is 14.7. The van der Waals surface area contributed by atoms with E-state index in [1.807, 2.05) is 14.0 Å². The van der Waals surface area contributed by atoms with Crippen molar-refractivity contribution in [2.75, 3.05) is 20.4 Å². The van der Waals surface area contributed by atoms with Crippen molar-refractivity contribution in [1.29, 1.82) is 0 Å². The van der Waals surface area contributed by atoms with Gasteiger partial charge in [0.1, 0.15) is 23.3 Å². The minimum Gasteiger partial charge on any atom is -0.352 e. The Morgan fingerprint density at radius 2 is 1.20 bits per heavy atom. The fourth-order valence-electron chi connectivity index (χ4n) is 6.83. The van der Waals surface area contributed by atoms with Crippen LogP contribution in [0.4, 0.5) is 43.2 Å². The van der Waals surface area contributed by atoms with Gasteiger partial charge in [0.05, 0.1) is 48.2 Å². The SMILES string of the molecule is CCCC(=O)NCc1ccc(C(=O)N2Cc3cnn(C)c3Nc3cc(Cl)ccc32)cc1F.Cl.Cn1ncc2c1Nc1cc(Cl)ccc1N(C(=O)c1ccc(CN)c(F)c1)C2. The molecule has 0 fully saturated rings. The minimum atomic E-state index is -0.543. The summed E-state index contributed by atoms with van der Waals surface area (Å²) in [5, 5.41) is 18.8. The number of amides is 3. The molecule has 0 atom stereocenters. The maximum Gasteiger partial charge on any atom is 0.258 e. The third-order valence-electron chi connectivity index (χ3n) is 9.95. The van der Waals surface area contributed by atoms with E-state index >= 15 is 0 Å². The number of nitrogens with two attached hydrogens (primary N) is 1. The van der Waals surface area contributed by atoms with Crippen LogP contribution in [0.2, 0.25) is 10.0 Å². The minimum absolute atomic E-state index is 0. The second-order valence-electron chi connectivity index (χ2n) is 14.0. The number of benzene rings is 4. The molecule has 13 nitrogen and oxygen atoms in total. The first-order chi connectivity index (χ1) is 28.3. The molecule has 0 saturated heterocycles. The molecule has 2 aliphatic heterocycles. The molecular weight excluding hydrogens is 837 g/mol. The molecule has 0 radical (unpaired) electrons. The van der Waals surface area contributed by atoms with Crippen LogP contribution in [0.3, 0.4) is 0 Å². The number of anilines is 6. The summed E-state index contributed by atoms with van der Waals surface area (Å²) in [4.78, 5) is 41.5. The summed E-state index contributed by atoms with van der Waals surface area (Å²) in [6.45, 7) is 2.62. The van der Waals surface area contributed by atoms with Gasteiger partial charge in [0.2, 0.25) is 5.91 Å². The lowest BCUT2D eigenvalue weighted by atomic mass is 10.1. The van der Waals surface area contributed by atoms with E-state index in [0.717, 1.165) is 29.2 Å². The summed E-state index contributed by atoms with van der Waals surface area (Å²) in [5.41, 5.74) is 10.9. The van der Waals surface area contributed by atoms with Crippen molar-refractivity contribution >= 4 is 87.7 Å². The van der Waals surface area contributed by atoms with Crippen LogP contribution in [0.15, 0.2) is 85.2 Å². The van der Waals surface area contributed by atoms with Gasteiger partial charge >= 0.3 is 0 Å². The molecule has 0 saturated carbocycles. The van der Waals surface area contributed by atoms with Crippen LogP contribution in [0.1, 0.15) is 62.7 Å². The van der Waals surface area contributed by atoms with Crippen LogP contribution in [0.5, 0.6) is 0 Å². The Bertz CT molecular complexity index is 2600. The summed E-state index contributed by atoms with van der Waals surface area (Å²) in [5.74, 6) is -0.306. The first kappa shape index (κ1) is 43.6. The van der Waals surface area contributed by atoms with Crippen molar-refractivity contribution in [1.82, 2.24) is 24.9 Å². The Hall–Kier alpha value is -6.00. The number of carbonyl (C=O) groups excluding carboxylic acids is 3. The molecular formula is C42H41Cl3F2N10O3. The van der Waals surface area contributed by atoms with Gasteiger partial charge < -0.3 is 31.5 Å². The van der Waals surface area contributed by atoms with Crippen LogP contribution in [0.25, 0.3) is 0 Å². The number of carbonyl (C=O) groups is 3. The first-order valence-electron chi connectivity index (χ1n) is 18.7. The van der Waals surface area contributed by atoms with Crippen molar-refractivity contribution in [3.05, 3.63) is 140 Å². The molecule has 0 aliphatic carbocycles. The third-order valence-corrected chi connectivity index (χ3v) is 10.4. The normalized spacial score (nSPS) is 12.4. The largest absolute Gasteiger partial charge is 0.352 e. The highest BCUT2D eigenvalue weighted by Crippen LogP contribution is 2.39. The van der Waals surface area contributed by atoms with Crippen molar-refractivity contribution < 1.29 is 23.2 Å². The molecule has 8 rings (SSSR count). The van der Waals surface area contributed by atoms with Gasteiger partial charge in [0.25, 0.3) is 11.8 Å². The van der Waals surface area contributed by atoms with E-state index in [1.54, 1.807) is 87.1 Å². The van der Waals surface area contributed by atoms with Crippen molar-refractivity contribution in [2.45, 2.75) is 45.9 Å². The standard InChI is InChI=1S/C23H23ClFN5O2.C19H17ClFN5O.ClH/c1-3-4-21(31)26-11-15-6-5-14(9-18(15)25)23(32)30-13-16-12-27-29(2)22(16)28-19-10-17(24)7-8-20(19)30;1-25-18-13(9-23-25)10-26(17-5-4-14(20)7-16(17)24-18)19(27)11-2-3-12(8-22)15(21)6-11;/h5-10,12,28H,3-4,11,13H2,1-2H3,(H,26,31);2-7,9,24H,8,10,22H2,1H3;1H. The molecule has 4 aromatic carbocycles. The van der Waals surface area contributed by atoms with E-state index in [2.05, 4.69) is 26.1 Å². The van der Waals surface area contributed by atoms with Crippen LogP contribution >= 0.6 is 35.6 Å². The maximum atomic E-state index is 14.7. The summed E-state index contributed by atoms with van der Waals surface area (Å²) in [6, 6.07) is 19.1. The predicted octanol–water partition coefficient (Wildman–Crippen LogP) is 8.53. The van der Waals surface area contributed by atoms with E-state index in [9.17, 15) is 23.2 Å². The highest BCUT2D eigenvalue weighted by atomic mass is 35.5. The fourth-order valence-corrected chi connectivity index (χ4v) is 7.17. The molecule has 312 valence electrons. The van der Waals surface area contributed by atoms with Gasteiger partial charge in [-0.15, -0.1) is 12.4 Å². The lowest BCUT2D eigenvalue weighted by molar-refractivity contribution is -0.121. The van der Waals surface area contributed by atoms with Crippen molar-refractivity contribution in [3.8, 4) is 0 Å². The Kier molecular flexibility index (Phi) is 13.4. The number of nitrogens with zero attached hydrogens (tertiary/aromatic N) is 6. The second kappa shape index (κ2) is 18.5. The number of hydrogen-bond acceptors (Lipinski definition) is 8. The second-order valence-corrected chi connectivity index (χ2v) is 14.9. The highest BCUT2D eigenvalue weighted by Gasteiger charge is 2.29. The Morgan fingerprint density at radius 1 is 0.733 bits per heavy atom. The topological polar surface area (TPSA) is 155 Å². The Labute approximate surface area is 360 Å². The van der Waals surface area contributed by atoms with Crippen LogP contribution in [-0.4, -0.2) is 37.3 Å². The molecule has 4 heterocycles. The van der Waals surface area contributed by atoms with Crippen molar-refractivity contribution in [3.63, 3.8) is 0 Å². The van der Waals surface area contributed by atoms with Gasteiger partial charge in [0.15, 0.2) is 0 Å². The van der Waals surface area contributed by atoms with E-state index < -0.39 is 11.6 Å². The number of fused-ring (bicyclic) bond motifs is 4. The average Bonchev–Trinajstić information content (AvgIpc) is 3.61. The van der Waals surface area contributed by atoms with Crippen LogP contribution in [-0.2, 0) is 45.1 Å². The van der Waals surface area contributed by atoms with Gasteiger partial charge in [-0.3, -0.25) is 23.7 Å².